The average Bonchev–Trinajstić information content (AvgIpc) is 3.01. The zero-order chi connectivity index (χ0) is 12.0. The second-order valence-electron chi connectivity index (χ2n) is 5.37. The van der Waals surface area contributed by atoms with Crippen LogP contribution in [0, 0.1) is 17.2 Å². The number of hydrogen-bond acceptors (Lipinski definition) is 4. The Bertz CT molecular complexity index is 376. The van der Waals surface area contributed by atoms with E-state index < -0.39 is 0 Å². The Balaban J connectivity index is 1.70. The Kier molecular flexibility index (Phi) is 2.57. The summed E-state index contributed by atoms with van der Waals surface area (Å²) in [4.78, 5) is 14.1. The summed E-state index contributed by atoms with van der Waals surface area (Å²) < 4.78 is 0. The van der Waals surface area contributed by atoms with Crippen LogP contribution in [-0.4, -0.2) is 46.7 Å². The predicted octanol–water partition coefficient (Wildman–Crippen LogP) is -0.388. The van der Waals surface area contributed by atoms with Crippen LogP contribution in [0.4, 0.5) is 0 Å². The maximum Gasteiger partial charge on any atom is 0.241 e. The van der Waals surface area contributed by atoms with Crippen LogP contribution >= 0.6 is 0 Å². The molecule has 2 saturated heterocycles. The number of hydrogen-bond donors (Lipinski definition) is 2. The van der Waals surface area contributed by atoms with Crippen LogP contribution in [0.2, 0.25) is 0 Å². The van der Waals surface area contributed by atoms with Crippen molar-refractivity contribution in [3.05, 3.63) is 0 Å². The summed E-state index contributed by atoms with van der Waals surface area (Å²) in [6.45, 7) is 0.704. The van der Waals surface area contributed by atoms with Gasteiger partial charge in [-0.3, -0.25) is 4.79 Å². The first-order valence-electron chi connectivity index (χ1n) is 6.35. The molecule has 2 bridgehead atoms. The molecule has 0 aromatic carbocycles. The van der Waals surface area contributed by atoms with E-state index in [-0.39, 0.29) is 36.1 Å². The topological polar surface area (TPSA) is 76.4 Å². The van der Waals surface area contributed by atoms with Gasteiger partial charge in [0.05, 0.1) is 18.2 Å². The minimum absolute atomic E-state index is 0.0634. The van der Waals surface area contributed by atoms with Crippen LogP contribution in [-0.2, 0) is 4.79 Å². The smallest absolute Gasteiger partial charge is 0.241 e. The van der Waals surface area contributed by atoms with Gasteiger partial charge in [0.2, 0.25) is 5.91 Å². The number of amides is 1. The molecule has 5 heteroatoms. The standard InChI is InChI=1S/C12H17N3O2/c13-6-8-2-1-3-15(8)12(17)11-7-4-9(14-11)10(16)5-7/h7-11,14,16H,1-5H2. The number of aliphatic hydroxyl groups excluding tert-OH is 1. The number of carbonyl (C=O) groups excluding carboxylic acids is 1. The number of piperidine rings is 1. The summed E-state index contributed by atoms with van der Waals surface area (Å²) in [6, 6.07) is 1.87. The second kappa shape index (κ2) is 3.97. The van der Waals surface area contributed by atoms with E-state index in [4.69, 9.17) is 5.26 Å². The predicted molar refractivity (Wildman–Crippen MR) is 59.8 cm³/mol. The maximum absolute atomic E-state index is 12.3. The molecule has 17 heavy (non-hydrogen) atoms. The maximum atomic E-state index is 12.3. The van der Waals surface area contributed by atoms with Gasteiger partial charge in [0.25, 0.3) is 0 Å². The van der Waals surface area contributed by atoms with E-state index >= 15 is 0 Å². The van der Waals surface area contributed by atoms with Crippen molar-refractivity contribution in [2.24, 2.45) is 5.92 Å². The Hall–Kier alpha value is -1.12. The summed E-state index contributed by atoms with van der Waals surface area (Å²) in [5.41, 5.74) is 0. The van der Waals surface area contributed by atoms with E-state index in [1.54, 1.807) is 4.90 Å². The highest BCUT2D eigenvalue weighted by Crippen LogP contribution is 2.37. The average molecular weight is 235 g/mol. The molecule has 2 aliphatic heterocycles. The molecule has 2 N–H and O–H groups in total. The van der Waals surface area contributed by atoms with Crippen LogP contribution in [0.15, 0.2) is 0 Å². The molecule has 1 amide bonds. The number of nitriles is 1. The Morgan fingerprint density at radius 2 is 2.29 bits per heavy atom. The lowest BCUT2D eigenvalue weighted by Crippen LogP contribution is -2.53. The van der Waals surface area contributed by atoms with Crippen molar-refractivity contribution in [1.82, 2.24) is 10.2 Å². The number of likely N-dealkylation sites (tertiary alicyclic amines) is 1. The van der Waals surface area contributed by atoms with Crippen LogP contribution in [0.1, 0.15) is 25.7 Å². The van der Waals surface area contributed by atoms with Crippen molar-refractivity contribution in [3.8, 4) is 6.07 Å². The zero-order valence-corrected chi connectivity index (χ0v) is 9.67. The minimum Gasteiger partial charge on any atom is -0.391 e. The summed E-state index contributed by atoms with van der Waals surface area (Å²) in [5, 5.41) is 21.9. The van der Waals surface area contributed by atoms with E-state index in [9.17, 15) is 9.90 Å². The van der Waals surface area contributed by atoms with Crippen LogP contribution in [0.25, 0.3) is 0 Å². The van der Waals surface area contributed by atoms with Gasteiger partial charge >= 0.3 is 0 Å². The molecule has 5 unspecified atom stereocenters. The molecule has 1 aliphatic carbocycles. The monoisotopic (exact) mass is 235 g/mol. The van der Waals surface area contributed by atoms with E-state index in [1.807, 2.05) is 0 Å². The first-order valence-corrected chi connectivity index (χ1v) is 6.35. The Morgan fingerprint density at radius 3 is 2.88 bits per heavy atom. The third-order valence-electron chi connectivity index (χ3n) is 4.38. The molecular weight excluding hydrogens is 218 g/mol. The van der Waals surface area contributed by atoms with Gasteiger partial charge in [0, 0.05) is 12.6 Å². The van der Waals surface area contributed by atoms with Crippen molar-refractivity contribution in [1.29, 1.82) is 5.26 Å². The first kappa shape index (κ1) is 11.0. The lowest BCUT2D eigenvalue weighted by atomic mass is 9.97. The number of aliphatic hydroxyl groups is 1. The first-order chi connectivity index (χ1) is 8.20. The fraction of sp³-hybridized carbons (Fsp3) is 0.833. The van der Waals surface area contributed by atoms with Crippen LogP contribution in [0.5, 0.6) is 0 Å². The number of rotatable bonds is 1. The van der Waals surface area contributed by atoms with Crippen molar-refractivity contribution >= 4 is 5.91 Å². The zero-order valence-electron chi connectivity index (χ0n) is 9.67. The van der Waals surface area contributed by atoms with Crippen molar-refractivity contribution in [3.63, 3.8) is 0 Å². The van der Waals surface area contributed by atoms with E-state index in [1.165, 1.54) is 0 Å². The lowest BCUT2D eigenvalue weighted by molar-refractivity contribution is -0.134. The molecule has 0 aromatic heterocycles. The minimum atomic E-state index is -0.297. The molecule has 0 aromatic rings. The lowest BCUT2D eigenvalue weighted by Gasteiger charge is -2.30. The second-order valence-corrected chi connectivity index (χ2v) is 5.37. The highest BCUT2D eigenvalue weighted by molar-refractivity contribution is 5.83. The quantitative estimate of drug-likeness (QED) is 0.649. The Labute approximate surface area is 100 Å². The summed E-state index contributed by atoms with van der Waals surface area (Å²) in [6.07, 6.45) is 3.04. The van der Waals surface area contributed by atoms with Gasteiger partial charge < -0.3 is 15.3 Å². The molecule has 3 rings (SSSR count). The largest absolute Gasteiger partial charge is 0.391 e. The van der Waals surface area contributed by atoms with E-state index in [2.05, 4.69) is 11.4 Å². The third-order valence-corrected chi connectivity index (χ3v) is 4.38. The van der Waals surface area contributed by atoms with Gasteiger partial charge in [-0.25, -0.2) is 0 Å². The fourth-order valence-electron chi connectivity index (χ4n) is 3.49. The molecule has 0 spiro atoms. The van der Waals surface area contributed by atoms with E-state index in [0.717, 1.165) is 25.7 Å². The molecule has 0 radical (unpaired) electrons. The number of nitrogens with one attached hydrogen (secondary N) is 1. The third kappa shape index (κ3) is 1.63. The van der Waals surface area contributed by atoms with Crippen LogP contribution in [0.3, 0.4) is 0 Å². The highest BCUT2D eigenvalue weighted by Gasteiger charge is 2.49. The summed E-state index contributed by atoms with van der Waals surface area (Å²) in [7, 11) is 0. The molecule has 3 aliphatic rings. The molecule has 3 fully saturated rings. The van der Waals surface area contributed by atoms with E-state index in [0.29, 0.717) is 6.54 Å². The van der Waals surface area contributed by atoms with Gasteiger partial charge in [0.1, 0.15) is 6.04 Å². The Morgan fingerprint density at radius 1 is 1.47 bits per heavy atom. The molecule has 2 heterocycles. The molecule has 1 saturated carbocycles. The molecule has 5 atom stereocenters. The normalized spacial score (nSPS) is 44.0. The SMILES string of the molecule is N#CC1CCCN1C(=O)C1NC2CC1CC2O. The number of fused-ring (bicyclic) bond motifs is 2. The molecule has 92 valence electrons. The number of carbonyl (C=O) groups is 1. The van der Waals surface area contributed by atoms with Gasteiger partial charge in [0.15, 0.2) is 0 Å². The summed E-state index contributed by atoms with van der Waals surface area (Å²) in [5.74, 6) is 0.316. The molecular formula is C12H17N3O2. The van der Waals surface area contributed by atoms with Crippen molar-refractivity contribution in [2.75, 3.05) is 6.54 Å². The van der Waals surface area contributed by atoms with Crippen molar-refractivity contribution in [2.45, 2.75) is 49.9 Å². The van der Waals surface area contributed by atoms with Gasteiger partial charge in [-0.1, -0.05) is 0 Å². The molecule has 5 nitrogen and oxygen atoms in total. The number of nitrogens with zero attached hydrogens (tertiary/aromatic N) is 2. The van der Waals surface area contributed by atoms with Gasteiger partial charge in [-0.15, -0.1) is 0 Å². The van der Waals surface area contributed by atoms with Crippen LogP contribution < -0.4 is 5.32 Å². The van der Waals surface area contributed by atoms with Gasteiger partial charge in [-0.05, 0) is 31.6 Å². The summed E-state index contributed by atoms with van der Waals surface area (Å²) >= 11 is 0. The highest BCUT2D eigenvalue weighted by atomic mass is 16.3. The van der Waals surface area contributed by atoms with Crippen molar-refractivity contribution < 1.29 is 9.90 Å². The fourth-order valence-corrected chi connectivity index (χ4v) is 3.49. The van der Waals surface area contributed by atoms with Gasteiger partial charge in [-0.2, -0.15) is 5.26 Å².